The van der Waals surface area contributed by atoms with Gasteiger partial charge in [0.2, 0.25) is 11.8 Å². The number of carbonyl (C=O) groups excluding carboxylic acids is 2. The van der Waals surface area contributed by atoms with Crippen molar-refractivity contribution in [3.63, 3.8) is 0 Å². The smallest absolute Gasteiger partial charge is 0.238 e. The minimum Gasteiger partial charge on any atom is -0.342 e. The number of hydrogen-bond donors (Lipinski definition) is 1. The summed E-state index contributed by atoms with van der Waals surface area (Å²) in [6, 6.07) is 5.98. The van der Waals surface area contributed by atoms with Crippen molar-refractivity contribution in [1.82, 2.24) is 9.80 Å². The molecule has 2 amide bonds. The van der Waals surface area contributed by atoms with Gasteiger partial charge >= 0.3 is 0 Å². The largest absolute Gasteiger partial charge is 0.342 e. The lowest BCUT2D eigenvalue weighted by Gasteiger charge is -2.32. The number of benzene rings is 1. The third kappa shape index (κ3) is 4.60. The highest BCUT2D eigenvalue weighted by Gasteiger charge is 2.30. The van der Waals surface area contributed by atoms with Crippen LogP contribution in [0.5, 0.6) is 0 Å². The van der Waals surface area contributed by atoms with Crippen molar-refractivity contribution < 1.29 is 9.59 Å². The molecule has 1 aromatic rings. The van der Waals surface area contributed by atoms with Crippen LogP contribution < -0.4 is 5.32 Å². The van der Waals surface area contributed by atoms with E-state index >= 15 is 0 Å². The molecule has 5 nitrogen and oxygen atoms in total. The van der Waals surface area contributed by atoms with Crippen molar-refractivity contribution >= 4 is 17.5 Å². The Morgan fingerprint density at radius 2 is 1.72 bits per heavy atom. The van der Waals surface area contributed by atoms with Gasteiger partial charge in [-0.15, -0.1) is 0 Å². The van der Waals surface area contributed by atoms with Gasteiger partial charge in [0.1, 0.15) is 0 Å². The molecule has 1 aromatic carbocycles. The first-order valence-electron chi connectivity index (χ1n) is 9.41. The minimum absolute atomic E-state index is 0.0209. The zero-order valence-electron chi connectivity index (χ0n) is 15.4. The summed E-state index contributed by atoms with van der Waals surface area (Å²) in [6.45, 7) is 8.02. The predicted molar refractivity (Wildman–Crippen MR) is 99.5 cm³/mol. The molecule has 0 aromatic heterocycles. The Bertz CT molecular complexity index is 630. The molecule has 136 valence electrons. The molecule has 2 aliphatic heterocycles. The number of rotatable bonds is 4. The Kier molecular flexibility index (Phi) is 5.74. The molecule has 2 saturated heterocycles. The number of piperidine rings is 1. The average Bonchev–Trinajstić information content (AvgIpc) is 3.13. The Balaban J connectivity index is 1.44. The van der Waals surface area contributed by atoms with Gasteiger partial charge in [-0.25, -0.2) is 0 Å². The van der Waals surface area contributed by atoms with Gasteiger partial charge in [0, 0.05) is 24.7 Å². The zero-order chi connectivity index (χ0) is 17.8. The molecular weight excluding hydrogens is 314 g/mol. The summed E-state index contributed by atoms with van der Waals surface area (Å²) < 4.78 is 0. The molecule has 3 rings (SSSR count). The molecule has 0 unspecified atom stereocenters. The first-order valence-corrected chi connectivity index (χ1v) is 9.41. The van der Waals surface area contributed by atoms with Crippen LogP contribution in [0.4, 0.5) is 5.69 Å². The van der Waals surface area contributed by atoms with Crippen LogP contribution in [0.3, 0.4) is 0 Å². The summed E-state index contributed by atoms with van der Waals surface area (Å²) in [5.74, 6) is 0.501. The standard InChI is InChI=1S/C20H29N3O2/c1-15-5-6-18(13-16(15)2)21-19(24)14-22-11-7-17(8-12-22)20(25)23-9-3-4-10-23/h5-6,13,17H,3-4,7-12,14H2,1-2H3,(H,21,24). The summed E-state index contributed by atoms with van der Waals surface area (Å²) in [4.78, 5) is 28.9. The van der Waals surface area contributed by atoms with Gasteiger partial charge in [0.15, 0.2) is 0 Å². The zero-order valence-corrected chi connectivity index (χ0v) is 15.4. The molecule has 0 aliphatic carbocycles. The number of aryl methyl sites for hydroxylation is 2. The average molecular weight is 343 g/mol. The SMILES string of the molecule is Cc1ccc(NC(=O)CN2CCC(C(=O)N3CCCC3)CC2)cc1C. The molecule has 0 saturated carbocycles. The summed E-state index contributed by atoms with van der Waals surface area (Å²) in [7, 11) is 0. The van der Waals surface area contributed by atoms with Gasteiger partial charge in [-0.1, -0.05) is 6.07 Å². The highest BCUT2D eigenvalue weighted by atomic mass is 16.2. The molecule has 2 fully saturated rings. The third-order valence-electron chi connectivity index (χ3n) is 5.51. The Morgan fingerprint density at radius 3 is 2.36 bits per heavy atom. The van der Waals surface area contributed by atoms with Crippen molar-refractivity contribution in [1.29, 1.82) is 0 Å². The van der Waals surface area contributed by atoms with Gasteiger partial charge in [0.05, 0.1) is 6.54 Å². The van der Waals surface area contributed by atoms with E-state index < -0.39 is 0 Å². The maximum absolute atomic E-state index is 12.5. The van der Waals surface area contributed by atoms with Gasteiger partial charge in [-0.3, -0.25) is 14.5 Å². The highest BCUT2D eigenvalue weighted by molar-refractivity contribution is 5.92. The van der Waals surface area contributed by atoms with Crippen LogP contribution in [0.15, 0.2) is 18.2 Å². The fourth-order valence-electron chi connectivity index (χ4n) is 3.76. The van der Waals surface area contributed by atoms with Crippen LogP contribution in [0.2, 0.25) is 0 Å². The van der Waals surface area contributed by atoms with Gasteiger partial charge in [0.25, 0.3) is 0 Å². The third-order valence-corrected chi connectivity index (χ3v) is 5.51. The number of nitrogens with one attached hydrogen (secondary N) is 1. The topological polar surface area (TPSA) is 52.7 Å². The van der Waals surface area contributed by atoms with Crippen LogP contribution in [0, 0.1) is 19.8 Å². The maximum atomic E-state index is 12.5. The first kappa shape index (κ1) is 17.9. The van der Waals surface area contributed by atoms with E-state index in [4.69, 9.17) is 0 Å². The quantitative estimate of drug-likeness (QED) is 0.914. The number of nitrogens with zero attached hydrogens (tertiary/aromatic N) is 2. The molecule has 1 N–H and O–H groups in total. The van der Waals surface area contributed by atoms with E-state index in [1.807, 2.05) is 30.0 Å². The number of amides is 2. The first-order chi connectivity index (χ1) is 12.0. The summed E-state index contributed by atoms with van der Waals surface area (Å²) in [6.07, 6.45) is 4.02. The van der Waals surface area contributed by atoms with Crippen LogP contribution in [-0.4, -0.2) is 54.3 Å². The Hall–Kier alpha value is -1.88. The van der Waals surface area contributed by atoms with E-state index in [9.17, 15) is 9.59 Å². The molecule has 2 aliphatic rings. The van der Waals surface area contributed by atoms with Crippen LogP contribution >= 0.6 is 0 Å². The Morgan fingerprint density at radius 1 is 1.04 bits per heavy atom. The maximum Gasteiger partial charge on any atom is 0.238 e. The molecular formula is C20H29N3O2. The van der Waals surface area contributed by atoms with E-state index in [0.717, 1.165) is 57.5 Å². The van der Waals surface area contributed by atoms with Gasteiger partial charge in [-0.05, 0) is 75.9 Å². The summed E-state index contributed by atoms with van der Waals surface area (Å²) >= 11 is 0. The lowest BCUT2D eigenvalue weighted by Crippen LogP contribution is -2.43. The van der Waals surface area contributed by atoms with E-state index in [1.54, 1.807) is 0 Å². The molecule has 0 atom stereocenters. The number of anilines is 1. The van der Waals surface area contributed by atoms with E-state index in [1.165, 1.54) is 11.1 Å². The number of carbonyl (C=O) groups is 2. The lowest BCUT2D eigenvalue weighted by molar-refractivity contribution is -0.136. The van der Waals surface area contributed by atoms with Gasteiger partial charge in [-0.2, -0.15) is 0 Å². The van der Waals surface area contributed by atoms with Crippen LogP contribution in [-0.2, 0) is 9.59 Å². The second kappa shape index (κ2) is 8.00. The fraction of sp³-hybridized carbons (Fsp3) is 0.600. The van der Waals surface area contributed by atoms with Crippen molar-refractivity contribution in [2.45, 2.75) is 39.5 Å². The number of hydrogen-bond acceptors (Lipinski definition) is 3. The second-order valence-corrected chi connectivity index (χ2v) is 7.43. The van der Waals surface area contributed by atoms with E-state index in [0.29, 0.717) is 12.5 Å². The van der Waals surface area contributed by atoms with Gasteiger partial charge < -0.3 is 10.2 Å². The molecule has 0 bridgehead atoms. The molecule has 25 heavy (non-hydrogen) atoms. The molecule has 0 spiro atoms. The summed E-state index contributed by atoms with van der Waals surface area (Å²) in [5.41, 5.74) is 3.26. The van der Waals surface area contributed by atoms with Crippen molar-refractivity contribution in [2.75, 3.05) is 38.0 Å². The summed E-state index contributed by atoms with van der Waals surface area (Å²) in [5, 5.41) is 2.98. The highest BCUT2D eigenvalue weighted by Crippen LogP contribution is 2.22. The predicted octanol–water partition coefficient (Wildman–Crippen LogP) is 2.58. The Labute approximate surface area is 150 Å². The minimum atomic E-state index is 0.0209. The van der Waals surface area contributed by atoms with E-state index in [-0.39, 0.29) is 11.8 Å². The van der Waals surface area contributed by atoms with Crippen molar-refractivity contribution in [2.24, 2.45) is 5.92 Å². The monoisotopic (exact) mass is 343 g/mol. The van der Waals surface area contributed by atoms with Crippen LogP contribution in [0.1, 0.15) is 36.8 Å². The van der Waals surface area contributed by atoms with E-state index in [2.05, 4.69) is 17.1 Å². The molecule has 0 radical (unpaired) electrons. The molecule has 5 heteroatoms. The number of likely N-dealkylation sites (tertiary alicyclic amines) is 2. The molecule has 2 heterocycles. The second-order valence-electron chi connectivity index (χ2n) is 7.43. The lowest BCUT2D eigenvalue weighted by atomic mass is 9.95. The van der Waals surface area contributed by atoms with Crippen molar-refractivity contribution in [3.8, 4) is 0 Å². The fourth-order valence-corrected chi connectivity index (χ4v) is 3.76. The van der Waals surface area contributed by atoms with Crippen molar-refractivity contribution in [3.05, 3.63) is 29.3 Å². The van der Waals surface area contributed by atoms with Crippen LogP contribution in [0.25, 0.3) is 0 Å². The normalized spacial score (nSPS) is 19.2.